The van der Waals surface area contributed by atoms with E-state index in [-0.39, 0.29) is 5.82 Å². The van der Waals surface area contributed by atoms with Gasteiger partial charge in [0.05, 0.1) is 17.6 Å². The Morgan fingerprint density at radius 1 is 1.05 bits per heavy atom. The van der Waals surface area contributed by atoms with E-state index in [9.17, 15) is 4.39 Å². The molecule has 1 heterocycles. The third-order valence-electron chi connectivity index (χ3n) is 3.17. The summed E-state index contributed by atoms with van der Waals surface area (Å²) < 4.78 is 15.5. The number of nitrogen functional groups attached to an aromatic ring is 1. The van der Waals surface area contributed by atoms with Gasteiger partial charge in [0.1, 0.15) is 11.5 Å². The first-order chi connectivity index (χ1) is 9.65. The molecule has 0 aliphatic rings. The van der Waals surface area contributed by atoms with Crippen molar-refractivity contribution in [3.63, 3.8) is 0 Å². The lowest BCUT2D eigenvalue weighted by Crippen LogP contribution is -1.95. The molecule has 2 N–H and O–H groups in total. The number of hydrogen-bond acceptors (Lipinski definition) is 2. The molecule has 0 saturated carbocycles. The van der Waals surface area contributed by atoms with Crippen molar-refractivity contribution in [3.05, 3.63) is 66.1 Å². The van der Waals surface area contributed by atoms with Crippen LogP contribution in [-0.2, 0) is 0 Å². The van der Waals surface area contributed by atoms with Crippen molar-refractivity contribution in [1.82, 2.24) is 9.78 Å². The predicted molar refractivity (Wildman–Crippen MR) is 78.1 cm³/mol. The van der Waals surface area contributed by atoms with E-state index in [1.165, 1.54) is 11.6 Å². The molecule has 0 amide bonds. The average molecular weight is 267 g/mol. The molecule has 3 rings (SSSR count). The Morgan fingerprint density at radius 2 is 1.75 bits per heavy atom. The quantitative estimate of drug-likeness (QED) is 0.771. The molecule has 0 atom stereocenters. The van der Waals surface area contributed by atoms with Gasteiger partial charge in [-0.05, 0) is 31.2 Å². The topological polar surface area (TPSA) is 43.8 Å². The Bertz CT molecular complexity index is 745. The minimum Gasteiger partial charge on any atom is -0.396 e. The lowest BCUT2D eigenvalue weighted by molar-refractivity contribution is 0.630. The molecule has 0 bridgehead atoms. The van der Waals surface area contributed by atoms with Gasteiger partial charge in [-0.1, -0.05) is 29.8 Å². The van der Waals surface area contributed by atoms with Crippen LogP contribution in [0.2, 0.25) is 0 Å². The summed E-state index contributed by atoms with van der Waals surface area (Å²) >= 11 is 0. The summed E-state index contributed by atoms with van der Waals surface area (Å²) in [5, 5.41) is 4.39. The first kappa shape index (κ1) is 12.4. The zero-order valence-corrected chi connectivity index (χ0v) is 11.0. The van der Waals surface area contributed by atoms with Crippen LogP contribution < -0.4 is 5.73 Å². The van der Waals surface area contributed by atoms with E-state index in [1.54, 1.807) is 29.1 Å². The molecule has 0 fully saturated rings. The maximum absolute atomic E-state index is 13.8. The number of aromatic nitrogens is 2. The summed E-state index contributed by atoms with van der Waals surface area (Å²) in [6, 6.07) is 14.4. The lowest BCUT2D eigenvalue weighted by Gasteiger charge is -2.02. The van der Waals surface area contributed by atoms with Crippen LogP contribution in [0.1, 0.15) is 5.56 Å². The second-order valence-electron chi connectivity index (χ2n) is 4.69. The zero-order chi connectivity index (χ0) is 14.1. The van der Waals surface area contributed by atoms with Crippen LogP contribution in [0.3, 0.4) is 0 Å². The van der Waals surface area contributed by atoms with Crippen LogP contribution in [0.5, 0.6) is 0 Å². The van der Waals surface area contributed by atoms with Crippen LogP contribution >= 0.6 is 0 Å². The molecule has 3 nitrogen and oxygen atoms in total. The second-order valence-corrected chi connectivity index (χ2v) is 4.69. The summed E-state index contributed by atoms with van der Waals surface area (Å²) in [4.78, 5) is 0. The van der Waals surface area contributed by atoms with Gasteiger partial charge in [-0.25, -0.2) is 9.07 Å². The van der Waals surface area contributed by atoms with E-state index in [2.05, 4.69) is 5.10 Å². The highest BCUT2D eigenvalue weighted by atomic mass is 19.1. The molecule has 0 saturated heterocycles. The molecule has 2 aromatic carbocycles. The highest BCUT2D eigenvalue weighted by molar-refractivity contribution is 5.72. The predicted octanol–water partition coefficient (Wildman–Crippen LogP) is 3.57. The molecule has 100 valence electrons. The van der Waals surface area contributed by atoms with Crippen LogP contribution in [0.4, 0.5) is 10.1 Å². The summed E-state index contributed by atoms with van der Waals surface area (Å²) in [7, 11) is 0. The summed E-state index contributed by atoms with van der Waals surface area (Å²) in [5.74, 6) is -0.326. The van der Waals surface area contributed by atoms with Gasteiger partial charge < -0.3 is 5.73 Å². The van der Waals surface area contributed by atoms with E-state index in [1.807, 2.05) is 31.2 Å². The smallest absolute Gasteiger partial charge is 0.132 e. The maximum Gasteiger partial charge on any atom is 0.132 e. The molecule has 3 aromatic rings. The first-order valence-corrected chi connectivity index (χ1v) is 6.32. The number of hydrogen-bond donors (Lipinski definition) is 1. The number of aryl methyl sites for hydroxylation is 1. The largest absolute Gasteiger partial charge is 0.396 e. The van der Waals surface area contributed by atoms with Crippen molar-refractivity contribution in [1.29, 1.82) is 0 Å². The standard InChI is InChI=1S/C16H14FN3/c1-11-6-8-12(9-7-11)20-10-15(18)16(19-20)13-4-2-3-5-14(13)17/h2-10H,18H2,1H3. The Kier molecular flexibility index (Phi) is 2.99. The van der Waals surface area contributed by atoms with Crippen LogP contribution in [0, 0.1) is 12.7 Å². The monoisotopic (exact) mass is 267 g/mol. The van der Waals surface area contributed by atoms with Gasteiger partial charge in [-0.15, -0.1) is 0 Å². The van der Waals surface area contributed by atoms with Gasteiger partial charge >= 0.3 is 0 Å². The van der Waals surface area contributed by atoms with E-state index < -0.39 is 0 Å². The van der Waals surface area contributed by atoms with Crippen molar-refractivity contribution in [2.75, 3.05) is 5.73 Å². The van der Waals surface area contributed by atoms with Crippen LogP contribution in [0.15, 0.2) is 54.7 Å². The van der Waals surface area contributed by atoms with Crippen molar-refractivity contribution < 1.29 is 4.39 Å². The fourth-order valence-electron chi connectivity index (χ4n) is 2.08. The number of anilines is 1. The van der Waals surface area contributed by atoms with E-state index in [4.69, 9.17) is 5.73 Å². The Morgan fingerprint density at radius 3 is 2.45 bits per heavy atom. The van der Waals surface area contributed by atoms with Crippen molar-refractivity contribution in [3.8, 4) is 16.9 Å². The normalized spacial score (nSPS) is 10.7. The Hall–Kier alpha value is -2.62. The average Bonchev–Trinajstić information content (AvgIpc) is 2.82. The summed E-state index contributed by atoms with van der Waals surface area (Å²) in [6.45, 7) is 2.02. The molecule has 0 aliphatic heterocycles. The number of nitrogens with two attached hydrogens (primary N) is 1. The molecular formula is C16H14FN3. The molecular weight excluding hydrogens is 253 g/mol. The van der Waals surface area contributed by atoms with E-state index >= 15 is 0 Å². The molecule has 0 spiro atoms. The van der Waals surface area contributed by atoms with Gasteiger partial charge in [0.2, 0.25) is 0 Å². The molecule has 20 heavy (non-hydrogen) atoms. The van der Waals surface area contributed by atoms with Crippen LogP contribution in [-0.4, -0.2) is 9.78 Å². The Balaban J connectivity index is 2.08. The third-order valence-corrected chi connectivity index (χ3v) is 3.17. The van der Waals surface area contributed by atoms with E-state index in [0.717, 1.165) is 5.69 Å². The van der Waals surface area contributed by atoms with E-state index in [0.29, 0.717) is 16.9 Å². The molecule has 0 radical (unpaired) electrons. The fraction of sp³-hybridized carbons (Fsp3) is 0.0625. The molecule has 4 heteroatoms. The lowest BCUT2D eigenvalue weighted by atomic mass is 10.1. The number of halogens is 1. The number of nitrogens with zero attached hydrogens (tertiary/aromatic N) is 2. The first-order valence-electron chi connectivity index (χ1n) is 6.32. The SMILES string of the molecule is Cc1ccc(-n2cc(N)c(-c3ccccc3F)n2)cc1. The van der Waals surface area contributed by atoms with Gasteiger partial charge in [0, 0.05) is 5.56 Å². The molecule has 1 aromatic heterocycles. The summed E-state index contributed by atoms with van der Waals surface area (Å²) in [6.07, 6.45) is 1.70. The van der Waals surface area contributed by atoms with Gasteiger partial charge in [0.25, 0.3) is 0 Å². The minimum atomic E-state index is -0.326. The third kappa shape index (κ3) is 2.16. The van der Waals surface area contributed by atoms with Crippen molar-refractivity contribution in [2.24, 2.45) is 0 Å². The van der Waals surface area contributed by atoms with Crippen molar-refractivity contribution in [2.45, 2.75) is 6.92 Å². The highest BCUT2D eigenvalue weighted by Crippen LogP contribution is 2.27. The highest BCUT2D eigenvalue weighted by Gasteiger charge is 2.13. The van der Waals surface area contributed by atoms with Gasteiger partial charge in [0.15, 0.2) is 0 Å². The number of rotatable bonds is 2. The Labute approximate surface area is 116 Å². The zero-order valence-electron chi connectivity index (χ0n) is 11.0. The molecule has 0 unspecified atom stereocenters. The van der Waals surface area contributed by atoms with Crippen molar-refractivity contribution >= 4 is 5.69 Å². The van der Waals surface area contributed by atoms with Gasteiger partial charge in [-0.3, -0.25) is 0 Å². The summed E-state index contributed by atoms with van der Waals surface area (Å²) in [5.41, 5.74) is 9.35. The van der Waals surface area contributed by atoms with Gasteiger partial charge in [-0.2, -0.15) is 5.10 Å². The fourth-order valence-corrected chi connectivity index (χ4v) is 2.08. The number of benzene rings is 2. The maximum atomic E-state index is 13.8. The second kappa shape index (κ2) is 4.81. The van der Waals surface area contributed by atoms with Crippen LogP contribution in [0.25, 0.3) is 16.9 Å². The molecule has 0 aliphatic carbocycles. The minimum absolute atomic E-state index is 0.326.